The monoisotopic (exact) mass is 373 g/mol. The molecule has 1 aromatic carbocycles. The lowest BCUT2D eigenvalue weighted by Crippen LogP contribution is -2.28. The number of carbonyl (C=O) groups is 2. The van der Waals surface area contributed by atoms with Gasteiger partial charge < -0.3 is 20.1 Å². The summed E-state index contributed by atoms with van der Waals surface area (Å²) in [5.41, 5.74) is 2.26. The lowest BCUT2D eigenvalue weighted by molar-refractivity contribution is -0.121. The van der Waals surface area contributed by atoms with Crippen molar-refractivity contribution in [2.45, 2.75) is 26.3 Å². The number of ether oxygens (including phenoxy) is 1. The molecule has 8 heteroatoms. The van der Waals surface area contributed by atoms with Crippen LogP contribution < -0.4 is 10.1 Å². The standard InChI is InChI=1S/C18H19N3O4S/c1-9-16(18(23)24)26-17(21-9)10(2)20-15(22)6-11-8-19-14-5-4-12(25-3)7-13(11)14/h4-5,7-8,10,19H,6H2,1-3H3,(H,20,22)(H,23,24). The van der Waals surface area contributed by atoms with Gasteiger partial charge >= 0.3 is 5.97 Å². The SMILES string of the molecule is COc1ccc2[nH]cc(CC(=O)NC(C)c3nc(C)c(C(=O)O)s3)c2c1. The van der Waals surface area contributed by atoms with Crippen LogP contribution in [0, 0.1) is 6.92 Å². The van der Waals surface area contributed by atoms with E-state index < -0.39 is 5.97 Å². The average Bonchev–Trinajstić information content (AvgIpc) is 3.18. The Morgan fingerprint density at radius 1 is 1.42 bits per heavy atom. The van der Waals surface area contributed by atoms with E-state index in [1.54, 1.807) is 21.0 Å². The summed E-state index contributed by atoms with van der Waals surface area (Å²) in [5, 5.41) is 13.5. The van der Waals surface area contributed by atoms with Gasteiger partial charge in [0.1, 0.15) is 15.6 Å². The topological polar surface area (TPSA) is 104 Å². The van der Waals surface area contributed by atoms with Gasteiger partial charge in [-0.25, -0.2) is 9.78 Å². The number of rotatable bonds is 6. The van der Waals surface area contributed by atoms with E-state index in [1.807, 2.05) is 24.4 Å². The largest absolute Gasteiger partial charge is 0.497 e. The van der Waals surface area contributed by atoms with Crippen molar-refractivity contribution in [1.29, 1.82) is 0 Å². The van der Waals surface area contributed by atoms with E-state index in [0.29, 0.717) is 10.7 Å². The highest BCUT2D eigenvalue weighted by Crippen LogP contribution is 2.25. The number of thiazole rings is 1. The number of H-pyrrole nitrogens is 1. The third-order valence-corrected chi connectivity index (χ3v) is 5.41. The molecule has 0 spiro atoms. The zero-order valence-electron chi connectivity index (χ0n) is 14.6. The summed E-state index contributed by atoms with van der Waals surface area (Å²) in [6, 6.07) is 5.29. The third kappa shape index (κ3) is 3.55. The van der Waals surface area contributed by atoms with E-state index in [0.717, 1.165) is 33.6 Å². The average molecular weight is 373 g/mol. The fourth-order valence-electron chi connectivity index (χ4n) is 2.76. The number of aryl methyl sites for hydroxylation is 1. The molecule has 0 fully saturated rings. The number of aromatic nitrogens is 2. The molecule has 26 heavy (non-hydrogen) atoms. The molecule has 0 aliphatic carbocycles. The van der Waals surface area contributed by atoms with Crippen molar-refractivity contribution < 1.29 is 19.4 Å². The second-order valence-electron chi connectivity index (χ2n) is 5.96. The van der Waals surface area contributed by atoms with Gasteiger partial charge in [-0.15, -0.1) is 11.3 Å². The number of nitrogens with zero attached hydrogens (tertiary/aromatic N) is 1. The maximum atomic E-state index is 12.4. The molecule has 7 nitrogen and oxygen atoms in total. The van der Waals surface area contributed by atoms with Crippen molar-refractivity contribution >= 4 is 34.1 Å². The van der Waals surface area contributed by atoms with Gasteiger partial charge in [-0.2, -0.15) is 0 Å². The molecule has 0 radical (unpaired) electrons. The number of hydrogen-bond donors (Lipinski definition) is 3. The molecular formula is C18H19N3O4S. The van der Waals surface area contributed by atoms with Gasteiger partial charge in [0, 0.05) is 17.1 Å². The molecule has 3 aromatic rings. The first-order valence-corrected chi connectivity index (χ1v) is 8.84. The summed E-state index contributed by atoms with van der Waals surface area (Å²) >= 11 is 1.09. The second kappa shape index (κ2) is 7.17. The number of methoxy groups -OCH3 is 1. The molecule has 0 aliphatic heterocycles. The summed E-state index contributed by atoms with van der Waals surface area (Å²) in [5.74, 6) is -0.435. The van der Waals surface area contributed by atoms with Crippen molar-refractivity contribution in [2.75, 3.05) is 7.11 Å². The number of nitrogens with one attached hydrogen (secondary N) is 2. The number of carbonyl (C=O) groups excluding carboxylic acids is 1. The molecule has 2 aromatic heterocycles. The lowest BCUT2D eigenvalue weighted by Gasteiger charge is -2.11. The fourth-order valence-corrected chi connectivity index (χ4v) is 3.67. The van der Waals surface area contributed by atoms with Gasteiger partial charge in [0.15, 0.2) is 0 Å². The molecule has 1 atom stereocenters. The van der Waals surface area contributed by atoms with Crippen LogP contribution in [0.15, 0.2) is 24.4 Å². The highest BCUT2D eigenvalue weighted by molar-refractivity contribution is 7.13. The molecule has 0 aliphatic rings. The zero-order valence-corrected chi connectivity index (χ0v) is 15.4. The summed E-state index contributed by atoms with van der Waals surface area (Å²) < 4.78 is 5.24. The van der Waals surface area contributed by atoms with Gasteiger partial charge in [0.05, 0.1) is 25.3 Å². The third-order valence-electron chi connectivity index (χ3n) is 4.08. The highest BCUT2D eigenvalue weighted by Gasteiger charge is 2.19. The second-order valence-corrected chi connectivity index (χ2v) is 6.99. The number of carboxylic acid groups (broad SMARTS) is 1. The lowest BCUT2D eigenvalue weighted by atomic mass is 10.1. The van der Waals surface area contributed by atoms with Gasteiger partial charge in [-0.3, -0.25) is 4.79 Å². The first kappa shape index (κ1) is 17.9. The van der Waals surface area contributed by atoms with Crippen molar-refractivity contribution in [3.63, 3.8) is 0 Å². The van der Waals surface area contributed by atoms with Gasteiger partial charge in [0.2, 0.25) is 5.91 Å². The van der Waals surface area contributed by atoms with E-state index >= 15 is 0 Å². The number of aromatic carboxylic acids is 1. The first-order valence-electron chi connectivity index (χ1n) is 8.03. The number of benzene rings is 1. The number of carboxylic acids is 1. The van der Waals surface area contributed by atoms with Gasteiger partial charge in [0.25, 0.3) is 0 Å². The normalized spacial score (nSPS) is 12.1. The van der Waals surface area contributed by atoms with E-state index in [2.05, 4.69) is 15.3 Å². The van der Waals surface area contributed by atoms with Crippen LogP contribution in [0.25, 0.3) is 10.9 Å². The zero-order chi connectivity index (χ0) is 18.8. The molecule has 0 saturated heterocycles. The van der Waals surface area contributed by atoms with Crippen molar-refractivity contribution in [2.24, 2.45) is 0 Å². The van der Waals surface area contributed by atoms with Crippen LogP contribution in [0.1, 0.15) is 38.9 Å². The Morgan fingerprint density at radius 3 is 2.85 bits per heavy atom. The molecule has 1 unspecified atom stereocenters. The maximum absolute atomic E-state index is 12.4. The Hall–Kier alpha value is -2.87. The Balaban J connectivity index is 1.72. The molecule has 136 valence electrons. The van der Waals surface area contributed by atoms with E-state index in [4.69, 9.17) is 9.84 Å². The summed E-state index contributed by atoms with van der Waals surface area (Å²) in [7, 11) is 1.60. The smallest absolute Gasteiger partial charge is 0.347 e. The number of amides is 1. The minimum absolute atomic E-state index is 0.161. The van der Waals surface area contributed by atoms with E-state index in [-0.39, 0.29) is 23.2 Å². The Labute approximate surface area is 154 Å². The highest BCUT2D eigenvalue weighted by atomic mass is 32.1. The summed E-state index contributed by atoms with van der Waals surface area (Å²) in [6.07, 6.45) is 2.01. The number of aromatic amines is 1. The minimum Gasteiger partial charge on any atom is -0.497 e. The van der Waals surface area contributed by atoms with Crippen LogP contribution in [0.5, 0.6) is 5.75 Å². The van der Waals surface area contributed by atoms with Crippen LogP contribution in [0.2, 0.25) is 0 Å². The molecule has 1 amide bonds. The van der Waals surface area contributed by atoms with Crippen molar-refractivity contribution in [1.82, 2.24) is 15.3 Å². The van der Waals surface area contributed by atoms with Crippen LogP contribution in [-0.4, -0.2) is 34.1 Å². The molecule has 0 saturated carbocycles. The van der Waals surface area contributed by atoms with Crippen LogP contribution in [0.3, 0.4) is 0 Å². The number of fused-ring (bicyclic) bond motifs is 1. The molecule has 2 heterocycles. The van der Waals surface area contributed by atoms with Crippen LogP contribution in [0.4, 0.5) is 0 Å². The van der Waals surface area contributed by atoms with Gasteiger partial charge in [-0.05, 0) is 37.6 Å². The quantitative estimate of drug-likeness (QED) is 0.616. The van der Waals surface area contributed by atoms with Crippen LogP contribution in [-0.2, 0) is 11.2 Å². The summed E-state index contributed by atoms with van der Waals surface area (Å²) in [4.78, 5) is 31.2. The Kier molecular flexibility index (Phi) is 4.94. The summed E-state index contributed by atoms with van der Waals surface area (Å²) in [6.45, 7) is 3.44. The van der Waals surface area contributed by atoms with Crippen LogP contribution >= 0.6 is 11.3 Å². The first-order chi connectivity index (χ1) is 12.4. The van der Waals surface area contributed by atoms with Crippen molar-refractivity contribution in [3.8, 4) is 5.75 Å². The number of hydrogen-bond acceptors (Lipinski definition) is 5. The van der Waals surface area contributed by atoms with E-state index in [1.165, 1.54) is 0 Å². The molecule has 0 bridgehead atoms. The minimum atomic E-state index is -1.00. The Bertz CT molecular complexity index is 976. The molecular weight excluding hydrogens is 354 g/mol. The predicted octanol–water partition coefficient (Wildman–Crippen LogP) is 3.06. The van der Waals surface area contributed by atoms with Gasteiger partial charge in [-0.1, -0.05) is 0 Å². The van der Waals surface area contributed by atoms with E-state index in [9.17, 15) is 9.59 Å². The Morgan fingerprint density at radius 2 is 2.19 bits per heavy atom. The maximum Gasteiger partial charge on any atom is 0.347 e. The fraction of sp³-hybridized carbons (Fsp3) is 0.278. The van der Waals surface area contributed by atoms with Crippen molar-refractivity contribution in [3.05, 3.63) is 45.5 Å². The molecule has 3 N–H and O–H groups in total. The predicted molar refractivity (Wildman–Crippen MR) is 98.9 cm³/mol. The molecule has 3 rings (SSSR count).